The smallest absolute Gasteiger partial charge is 0.296 e. The molecule has 112 valence electrons. The number of piperidine rings is 1. The van der Waals surface area contributed by atoms with Gasteiger partial charge in [-0.1, -0.05) is 13.8 Å². The van der Waals surface area contributed by atoms with Gasteiger partial charge < -0.3 is 10.2 Å². The molecule has 5 heteroatoms. The van der Waals surface area contributed by atoms with E-state index in [1.54, 1.807) is 6.07 Å². The summed E-state index contributed by atoms with van der Waals surface area (Å²) in [5, 5.41) is 2.64. The number of nitrogens with zero attached hydrogens (tertiary/aromatic N) is 1. The highest BCUT2D eigenvalue weighted by atomic mass is 79.9. The molecule has 1 aromatic carbocycles. The first-order valence-electron chi connectivity index (χ1n) is 7.41. The number of Topliss-reactive ketones (excluding diaryl/α,β-unsaturated/α-hetero) is 1. The fourth-order valence-corrected chi connectivity index (χ4v) is 3.80. The van der Waals surface area contributed by atoms with E-state index in [2.05, 4.69) is 40.0 Å². The van der Waals surface area contributed by atoms with E-state index >= 15 is 0 Å². The van der Waals surface area contributed by atoms with Gasteiger partial charge in [-0.3, -0.25) is 9.59 Å². The second-order valence-electron chi connectivity index (χ2n) is 6.20. The van der Waals surface area contributed by atoms with E-state index < -0.39 is 11.7 Å². The maximum absolute atomic E-state index is 11.7. The van der Waals surface area contributed by atoms with Crippen molar-refractivity contribution in [2.75, 3.05) is 23.3 Å². The maximum Gasteiger partial charge on any atom is 0.296 e. The van der Waals surface area contributed by atoms with Crippen LogP contribution in [0, 0.1) is 11.8 Å². The molecule has 4 nitrogen and oxygen atoms in total. The number of ketones is 1. The Kier molecular flexibility index (Phi) is 3.78. The standard InChI is InChI=1S/C16H19BrN2O2/c1-9(2)10-3-5-19(6-4-10)14-8-13-11(7-12(14)17)15(20)16(21)18-13/h7-10H,3-6H2,1-2H3,(H,18,20,21). The first-order valence-corrected chi connectivity index (χ1v) is 8.21. The molecule has 1 saturated heterocycles. The fourth-order valence-electron chi connectivity index (χ4n) is 3.20. The van der Waals surface area contributed by atoms with Crippen molar-refractivity contribution in [3.05, 3.63) is 22.2 Å². The van der Waals surface area contributed by atoms with E-state index in [1.165, 1.54) is 12.8 Å². The van der Waals surface area contributed by atoms with Crippen molar-refractivity contribution >= 4 is 39.0 Å². The average Bonchev–Trinajstić information content (AvgIpc) is 2.73. The van der Waals surface area contributed by atoms with Crippen LogP contribution >= 0.6 is 15.9 Å². The van der Waals surface area contributed by atoms with Gasteiger partial charge in [-0.2, -0.15) is 0 Å². The predicted molar refractivity (Wildman–Crippen MR) is 86.9 cm³/mol. The Balaban J connectivity index is 1.83. The summed E-state index contributed by atoms with van der Waals surface area (Å²) in [7, 11) is 0. The predicted octanol–water partition coefficient (Wildman–Crippen LogP) is 3.46. The van der Waals surface area contributed by atoms with Gasteiger partial charge in [0.25, 0.3) is 11.7 Å². The molecule has 0 atom stereocenters. The molecule has 1 N–H and O–H groups in total. The van der Waals surface area contributed by atoms with E-state index in [0.717, 1.165) is 35.1 Å². The summed E-state index contributed by atoms with van der Waals surface area (Å²) in [6.45, 7) is 6.60. The van der Waals surface area contributed by atoms with Crippen LogP contribution in [-0.2, 0) is 4.79 Å². The van der Waals surface area contributed by atoms with Crippen molar-refractivity contribution in [1.29, 1.82) is 0 Å². The van der Waals surface area contributed by atoms with Crippen molar-refractivity contribution in [3.8, 4) is 0 Å². The second-order valence-corrected chi connectivity index (χ2v) is 7.06. The van der Waals surface area contributed by atoms with Crippen LogP contribution in [-0.4, -0.2) is 24.8 Å². The summed E-state index contributed by atoms with van der Waals surface area (Å²) in [5.74, 6) is 0.534. The lowest BCUT2D eigenvalue weighted by molar-refractivity contribution is -0.112. The summed E-state index contributed by atoms with van der Waals surface area (Å²) in [4.78, 5) is 25.5. The van der Waals surface area contributed by atoms with E-state index in [1.807, 2.05) is 6.07 Å². The fraction of sp³-hybridized carbons (Fsp3) is 0.500. The topological polar surface area (TPSA) is 49.4 Å². The van der Waals surface area contributed by atoms with Gasteiger partial charge in [0.05, 0.1) is 16.9 Å². The third-order valence-corrected chi connectivity index (χ3v) is 5.24. The van der Waals surface area contributed by atoms with E-state index in [-0.39, 0.29) is 0 Å². The average molecular weight is 351 g/mol. The number of hydrogen-bond acceptors (Lipinski definition) is 3. The quantitative estimate of drug-likeness (QED) is 0.831. The SMILES string of the molecule is CC(C)C1CCN(c2cc3c(cc2Br)C(=O)C(=O)N3)CC1. The van der Waals surface area contributed by atoms with Crippen LogP contribution in [0.15, 0.2) is 16.6 Å². The Morgan fingerprint density at radius 1 is 1.24 bits per heavy atom. The van der Waals surface area contributed by atoms with E-state index in [0.29, 0.717) is 11.3 Å². The van der Waals surface area contributed by atoms with Gasteiger partial charge in [0.2, 0.25) is 0 Å². The van der Waals surface area contributed by atoms with Gasteiger partial charge in [-0.05, 0) is 52.7 Å². The molecule has 0 aromatic heterocycles. The molecule has 0 aliphatic carbocycles. The molecule has 2 aliphatic rings. The first kappa shape index (κ1) is 14.6. The normalized spacial score (nSPS) is 19.1. The Labute approximate surface area is 133 Å². The minimum Gasteiger partial charge on any atom is -0.371 e. The van der Waals surface area contributed by atoms with Crippen LogP contribution in [0.1, 0.15) is 37.0 Å². The molecule has 0 radical (unpaired) electrons. The van der Waals surface area contributed by atoms with Crippen LogP contribution < -0.4 is 10.2 Å². The third-order valence-electron chi connectivity index (χ3n) is 4.61. The Morgan fingerprint density at radius 2 is 1.90 bits per heavy atom. The van der Waals surface area contributed by atoms with Crippen LogP contribution in [0.25, 0.3) is 0 Å². The summed E-state index contributed by atoms with van der Waals surface area (Å²) in [6.07, 6.45) is 2.37. The summed E-state index contributed by atoms with van der Waals surface area (Å²) in [6, 6.07) is 3.68. The van der Waals surface area contributed by atoms with Crippen LogP contribution in [0.2, 0.25) is 0 Å². The van der Waals surface area contributed by atoms with Gasteiger partial charge in [-0.25, -0.2) is 0 Å². The number of halogens is 1. The summed E-state index contributed by atoms with van der Waals surface area (Å²) in [5.41, 5.74) is 2.16. The molecule has 0 saturated carbocycles. The van der Waals surface area contributed by atoms with Crippen LogP contribution in [0.3, 0.4) is 0 Å². The van der Waals surface area contributed by atoms with Crippen molar-refractivity contribution in [2.24, 2.45) is 11.8 Å². The highest BCUT2D eigenvalue weighted by molar-refractivity contribution is 9.10. The number of rotatable bonds is 2. The van der Waals surface area contributed by atoms with E-state index in [4.69, 9.17) is 0 Å². The number of fused-ring (bicyclic) bond motifs is 1. The van der Waals surface area contributed by atoms with Gasteiger partial charge in [0, 0.05) is 17.6 Å². The van der Waals surface area contributed by atoms with Gasteiger partial charge in [0.15, 0.2) is 0 Å². The summed E-state index contributed by atoms with van der Waals surface area (Å²) < 4.78 is 0.883. The largest absolute Gasteiger partial charge is 0.371 e. The Bertz CT molecular complexity index is 605. The van der Waals surface area contributed by atoms with Gasteiger partial charge in [-0.15, -0.1) is 0 Å². The number of nitrogens with one attached hydrogen (secondary N) is 1. The van der Waals surface area contributed by atoms with Crippen LogP contribution in [0.4, 0.5) is 11.4 Å². The number of amides is 1. The minimum absolute atomic E-state index is 0.448. The number of anilines is 2. The summed E-state index contributed by atoms with van der Waals surface area (Å²) >= 11 is 3.54. The molecule has 1 fully saturated rings. The van der Waals surface area contributed by atoms with Gasteiger partial charge in [0.1, 0.15) is 0 Å². The lowest BCUT2D eigenvalue weighted by Gasteiger charge is -2.36. The van der Waals surface area contributed by atoms with Crippen molar-refractivity contribution < 1.29 is 9.59 Å². The highest BCUT2D eigenvalue weighted by Gasteiger charge is 2.30. The van der Waals surface area contributed by atoms with Crippen molar-refractivity contribution in [1.82, 2.24) is 0 Å². The molecule has 2 heterocycles. The molecule has 0 spiro atoms. The molecule has 3 rings (SSSR count). The molecular formula is C16H19BrN2O2. The zero-order valence-corrected chi connectivity index (χ0v) is 13.9. The van der Waals surface area contributed by atoms with Gasteiger partial charge >= 0.3 is 0 Å². The lowest BCUT2D eigenvalue weighted by atomic mass is 9.86. The Morgan fingerprint density at radius 3 is 2.52 bits per heavy atom. The monoisotopic (exact) mass is 350 g/mol. The maximum atomic E-state index is 11.7. The first-order chi connectivity index (χ1) is 9.97. The molecular weight excluding hydrogens is 332 g/mol. The molecule has 1 aromatic rings. The number of benzene rings is 1. The van der Waals surface area contributed by atoms with E-state index in [9.17, 15) is 9.59 Å². The molecule has 1 amide bonds. The number of hydrogen-bond donors (Lipinski definition) is 1. The lowest BCUT2D eigenvalue weighted by Crippen LogP contribution is -2.35. The van der Waals surface area contributed by atoms with Crippen molar-refractivity contribution in [3.63, 3.8) is 0 Å². The number of carbonyl (C=O) groups is 2. The van der Waals surface area contributed by atoms with Crippen LogP contribution in [0.5, 0.6) is 0 Å². The zero-order chi connectivity index (χ0) is 15.1. The second kappa shape index (κ2) is 5.44. The minimum atomic E-state index is -0.535. The zero-order valence-electron chi connectivity index (χ0n) is 12.3. The number of carbonyl (C=O) groups excluding carboxylic acids is 2. The van der Waals surface area contributed by atoms with Crippen molar-refractivity contribution in [2.45, 2.75) is 26.7 Å². The molecule has 21 heavy (non-hydrogen) atoms. The molecule has 2 aliphatic heterocycles. The Hall–Kier alpha value is -1.36. The molecule has 0 unspecified atom stereocenters. The third kappa shape index (κ3) is 2.59. The molecule has 0 bridgehead atoms. The highest BCUT2D eigenvalue weighted by Crippen LogP contribution is 2.37.